The van der Waals surface area contributed by atoms with Crippen LogP contribution in [0.2, 0.25) is 0 Å². The van der Waals surface area contributed by atoms with Gasteiger partial charge in [0.1, 0.15) is 5.82 Å². The molecule has 0 aliphatic rings. The zero-order valence-electron chi connectivity index (χ0n) is 15.6. The summed E-state index contributed by atoms with van der Waals surface area (Å²) < 4.78 is 55.9. The number of fused-ring (bicyclic) bond motifs is 3. The first-order chi connectivity index (χ1) is 14.4. The highest BCUT2D eigenvalue weighted by Gasteiger charge is 2.33. The number of hydrogen-bond acceptors (Lipinski definition) is 0. The van der Waals surface area contributed by atoms with E-state index in [0.717, 1.165) is 45.7 Å². The largest absolute Gasteiger partial charge is 0.417 e. The van der Waals surface area contributed by atoms with Crippen LogP contribution in [0.4, 0.5) is 17.6 Å². The maximum absolute atomic E-state index is 13.7. The third-order valence-electron chi connectivity index (χ3n) is 5.30. The molecule has 0 unspecified atom stereocenters. The normalized spacial score (nSPS) is 12.0. The third-order valence-corrected chi connectivity index (χ3v) is 5.30. The van der Waals surface area contributed by atoms with Gasteiger partial charge in [0, 0.05) is 16.5 Å². The number of aromatic nitrogens is 1. The molecule has 5 heteroatoms. The fourth-order valence-electron chi connectivity index (χ4n) is 3.99. The van der Waals surface area contributed by atoms with E-state index in [0.29, 0.717) is 5.56 Å². The third kappa shape index (κ3) is 2.94. The van der Waals surface area contributed by atoms with Crippen LogP contribution in [0.1, 0.15) is 5.56 Å². The Morgan fingerprint density at radius 2 is 1.20 bits per heavy atom. The second kappa shape index (κ2) is 6.73. The minimum atomic E-state index is -4.56. The van der Waals surface area contributed by atoms with Crippen molar-refractivity contribution in [1.82, 2.24) is 4.57 Å². The topological polar surface area (TPSA) is 4.93 Å². The van der Waals surface area contributed by atoms with E-state index in [-0.39, 0.29) is 5.56 Å². The summed E-state index contributed by atoms with van der Waals surface area (Å²) in [6.07, 6.45) is -4.56. The summed E-state index contributed by atoms with van der Waals surface area (Å²) >= 11 is 0. The number of halogens is 4. The van der Waals surface area contributed by atoms with Crippen molar-refractivity contribution in [1.29, 1.82) is 0 Å². The predicted molar refractivity (Wildman–Crippen MR) is 111 cm³/mol. The lowest BCUT2D eigenvalue weighted by atomic mass is 9.99. The quantitative estimate of drug-likeness (QED) is 0.266. The van der Waals surface area contributed by atoms with Gasteiger partial charge in [-0.2, -0.15) is 13.2 Å². The Hall–Kier alpha value is -3.60. The van der Waals surface area contributed by atoms with E-state index < -0.39 is 17.6 Å². The molecule has 0 spiro atoms. The maximum Gasteiger partial charge on any atom is 0.417 e. The predicted octanol–water partition coefficient (Wildman–Crippen LogP) is 7.61. The molecule has 0 bridgehead atoms. The first kappa shape index (κ1) is 18.4. The number of nitrogens with zero attached hydrogens (tertiary/aromatic N) is 1. The molecule has 0 saturated heterocycles. The van der Waals surface area contributed by atoms with Crippen LogP contribution >= 0.6 is 0 Å². The maximum atomic E-state index is 13.7. The summed E-state index contributed by atoms with van der Waals surface area (Å²) in [6, 6.07) is 25.2. The van der Waals surface area contributed by atoms with E-state index in [1.54, 1.807) is 24.3 Å². The van der Waals surface area contributed by atoms with Crippen LogP contribution in [-0.4, -0.2) is 4.57 Å². The Kier molecular flexibility index (Phi) is 4.13. The van der Waals surface area contributed by atoms with Gasteiger partial charge in [-0.1, -0.05) is 48.5 Å². The van der Waals surface area contributed by atoms with Gasteiger partial charge >= 0.3 is 6.18 Å². The van der Waals surface area contributed by atoms with Crippen LogP contribution in [0.25, 0.3) is 38.6 Å². The number of alkyl halides is 3. The summed E-state index contributed by atoms with van der Waals surface area (Å²) in [4.78, 5) is 0. The van der Waals surface area contributed by atoms with Crippen LogP contribution in [-0.2, 0) is 6.18 Å². The SMILES string of the molecule is Fc1ccc(C(F)(F)F)c(-c2ccc(-n3c4ccccc4c4ccccc43)cc2)c1. The summed E-state index contributed by atoms with van der Waals surface area (Å²) in [5, 5.41) is 2.20. The first-order valence-electron chi connectivity index (χ1n) is 9.39. The Morgan fingerprint density at radius 1 is 0.633 bits per heavy atom. The van der Waals surface area contributed by atoms with E-state index in [1.807, 2.05) is 48.5 Å². The van der Waals surface area contributed by atoms with Crippen LogP contribution in [0, 0.1) is 5.82 Å². The van der Waals surface area contributed by atoms with E-state index in [4.69, 9.17) is 0 Å². The molecular weight excluding hydrogens is 390 g/mol. The fraction of sp³-hybridized carbons (Fsp3) is 0.0400. The second-order valence-corrected chi connectivity index (χ2v) is 7.10. The zero-order chi connectivity index (χ0) is 20.9. The molecule has 0 radical (unpaired) electrons. The minimum Gasteiger partial charge on any atom is -0.309 e. The molecule has 0 aliphatic carbocycles. The Bertz CT molecular complexity index is 1330. The average Bonchev–Trinajstić information content (AvgIpc) is 3.07. The Labute approximate surface area is 169 Å². The summed E-state index contributed by atoms with van der Waals surface area (Å²) in [5.74, 6) is -0.704. The van der Waals surface area contributed by atoms with Gasteiger partial charge in [0.05, 0.1) is 16.6 Å². The molecular formula is C25H15F4N. The van der Waals surface area contributed by atoms with Crippen molar-refractivity contribution >= 4 is 21.8 Å². The zero-order valence-corrected chi connectivity index (χ0v) is 15.6. The second-order valence-electron chi connectivity index (χ2n) is 7.10. The number of para-hydroxylation sites is 2. The van der Waals surface area contributed by atoms with Gasteiger partial charge in [-0.3, -0.25) is 0 Å². The molecule has 148 valence electrons. The van der Waals surface area contributed by atoms with E-state index in [9.17, 15) is 17.6 Å². The lowest BCUT2D eigenvalue weighted by molar-refractivity contribution is -0.137. The van der Waals surface area contributed by atoms with Crippen LogP contribution in [0.3, 0.4) is 0 Å². The van der Waals surface area contributed by atoms with Crippen molar-refractivity contribution < 1.29 is 17.6 Å². The highest BCUT2D eigenvalue weighted by atomic mass is 19.4. The molecule has 30 heavy (non-hydrogen) atoms. The lowest BCUT2D eigenvalue weighted by Gasteiger charge is -2.14. The lowest BCUT2D eigenvalue weighted by Crippen LogP contribution is -2.07. The highest BCUT2D eigenvalue weighted by Crippen LogP contribution is 2.38. The fourth-order valence-corrected chi connectivity index (χ4v) is 3.99. The van der Waals surface area contributed by atoms with Crippen molar-refractivity contribution in [3.8, 4) is 16.8 Å². The van der Waals surface area contributed by atoms with Gasteiger partial charge in [0.2, 0.25) is 0 Å². The van der Waals surface area contributed by atoms with E-state index in [1.165, 1.54) is 0 Å². The summed E-state index contributed by atoms with van der Waals surface area (Å²) in [6.45, 7) is 0. The number of benzene rings is 4. The van der Waals surface area contributed by atoms with Crippen molar-refractivity contribution in [3.63, 3.8) is 0 Å². The molecule has 1 aromatic heterocycles. The Balaban J connectivity index is 1.69. The number of rotatable bonds is 2. The monoisotopic (exact) mass is 405 g/mol. The van der Waals surface area contributed by atoms with Gasteiger partial charge in [0.25, 0.3) is 0 Å². The summed E-state index contributed by atoms with van der Waals surface area (Å²) in [7, 11) is 0. The number of hydrogen-bond donors (Lipinski definition) is 0. The highest BCUT2D eigenvalue weighted by molar-refractivity contribution is 6.09. The molecule has 0 amide bonds. The molecule has 5 aromatic rings. The molecule has 1 nitrogen and oxygen atoms in total. The van der Waals surface area contributed by atoms with Gasteiger partial charge in [0.15, 0.2) is 0 Å². The molecule has 0 atom stereocenters. The Morgan fingerprint density at radius 3 is 1.77 bits per heavy atom. The first-order valence-corrected chi connectivity index (χ1v) is 9.39. The van der Waals surface area contributed by atoms with E-state index in [2.05, 4.69) is 4.57 Å². The van der Waals surface area contributed by atoms with Crippen LogP contribution in [0.15, 0.2) is 91.0 Å². The van der Waals surface area contributed by atoms with Crippen molar-refractivity contribution in [2.45, 2.75) is 6.18 Å². The molecule has 1 heterocycles. The average molecular weight is 405 g/mol. The molecule has 5 rings (SSSR count). The minimum absolute atomic E-state index is 0.170. The van der Waals surface area contributed by atoms with Gasteiger partial charge in [-0.05, 0) is 53.6 Å². The van der Waals surface area contributed by atoms with Crippen molar-refractivity contribution in [3.05, 3.63) is 102 Å². The van der Waals surface area contributed by atoms with Gasteiger partial charge in [-0.15, -0.1) is 0 Å². The van der Waals surface area contributed by atoms with Crippen molar-refractivity contribution in [2.75, 3.05) is 0 Å². The smallest absolute Gasteiger partial charge is 0.309 e. The molecule has 4 aromatic carbocycles. The van der Waals surface area contributed by atoms with Crippen LogP contribution < -0.4 is 0 Å². The molecule has 0 aliphatic heterocycles. The van der Waals surface area contributed by atoms with Gasteiger partial charge < -0.3 is 4.57 Å². The standard InChI is InChI=1S/C25H15F4N/c26-17-11-14-22(25(27,28)29)21(15-17)16-9-12-18(13-10-16)30-23-7-3-1-5-19(23)20-6-2-4-8-24(20)30/h1-15H. The molecule has 0 saturated carbocycles. The summed E-state index contributed by atoms with van der Waals surface area (Å²) in [5.41, 5.74) is 2.12. The van der Waals surface area contributed by atoms with Gasteiger partial charge in [-0.25, -0.2) is 4.39 Å². The molecule has 0 fully saturated rings. The van der Waals surface area contributed by atoms with Crippen LogP contribution in [0.5, 0.6) is 0 Å². The molecule has 0 N–H and O–H groups in total. The van der Waals surface area contributed by atoms with E-state index >= 15 is 0 Å². The van der Waals surface area contributed by atoms with Crippen molar-refractivity contribution in [2.24, 2.45) is 0 Å².